The number of nitrogens with zero attached hydrogens (tertiary/aromatic N) is 5. The Labute approximate surface area is 193 Å². The van der Waals surface area contributed by atoms with Crippen molar-refractivity contribution in [3.63, 3.8) is 0 Å². The van der Waals surface area contributed by atoms with Crippen molar-refractivity contribution in [2.45, 2.75) is 50.2 Å². The number of nitrogen functional groups attached to an aromatic ring is 2. The van der Waals surface area contributed by atoms with Crippen LogP contribution in [0.5, 0.6) is 0 Å². The standard InChI is InChI=1S/C21H24N8O5/c22-15-14-16(27-19(23)26-15)24-8-11(25-14)9-29-6-3-10-7-20(4-1-12(10)29)17(32)28-21(20,18(33)34)5-2-13(30)31/h3,6,8,10,12H,1-2,4-5,7,9H2,(H,28,32)(H,30,31)(H,33,34)(H4,22,23,24,26,27). The van der Waals surface area contributed by atoms with Gasteiger partial charge in [0.05, 0.1) is 23.9 Å². The van der Waals surface area contributed by atoms with Crippen LogP contribution in [0.15, 0.2) is 18.5 Å². The van der Waals surface area contributed by atoms with E-state index in [0.717, 1.165) is 0 Å². The van der Waals surface area contributed by atoms with Gasteiger partial charge in [-0.05, 0) is 37.8 Å². The maximum Gasteiger partial charge on any atom is 0.330 e. The molecule has 0 radical (unpaired) electrons. The number of hydrogen-bond acceptors (Lipinski definition) is 10. The van der Waals surface area contributed by atoms with Gasteiger partial charge in [0.25, 0.3) is 0 Å². The van der Waals surface area contributed by atoms with Gasteiger partial charge in [-0.15, -0.1) is 0 Å². The van der Waals surface area contributed by atoms with Crippen molar-refractivity contribution < 1.29 is 24.6 Å². The van der Waals surface area contributed by atoms with Gasteiger partial charge in [0.2, 0.25) is 11.9 Å². The van der Waals surface area contributed by atoms with Gasteiger partial charge in [-0.25, -0.2) is 14.8 Å². The SMILES string of the molecule is Nc1nc(N)c2nc(CN3C=CC4CC5(CCC43)C(=O)NC5(CCC(=O)O)C(=O)O)cnc2n1. The molecule has 4 atom stereocenters. The van der Waals surface area contributed by atoms with Crippen molar-refractivity contribution in [2.75, 3.05) is 11.5 Å². The van der Waals surface area contributed by atoms with E-state index >= 15 is 0 Å². The summed E-state index contributed by atoms with van der Waals surface area (Å²) in [5.74, 6) is -2.48. The monoisotopic (exact) mass is 468 g/mol. The van der Waals surface area contributed by atoms with Crippen LogP contribution in [0, 0.1) is 11.3 Å². The highest BCUT2D eigenvalue weighted by atomic mass is 16.4. The fourth-order valence-electron chi connectivity index (χ4n) is 5.72. The summed E-state index contributed by atoms with van der Waals surface area (Å²) < 4.78 is 0. The lowest BCUT2D eigenvalue weighted by molar-refractivity contribution is -0.183. The Hall–Kier alpha value is -4.03. The van der Waals surface area contributed by atoms with Crippen molar-refractivity contribution >= 4 is 40.8 Å². The van der Waals surface area contributed by atoms with Crippen molar-refractivity contribution in [1.82, 2.24) is 30.2 Å². The molecule has 13 heteroatoms. The average molecular weight is 468 g/mol. The van der Waals surface area contributed by atoms with E-state index in [1.54, 1.807) is 6.20 Å². The van der Waals surface area contributed by atoms with Gasteiger partial charge < -0.3 is 31.9 Å². The number of rotatable bonds is 6. The fraction of sp³-hybridized carbons (Fsp3) is 0.476. The maximum atomic E-state index is 12.7. The third-order valence-electron chi connectivity index (χ3n) is 7.40. The zero-order chi connectivity index (χ0) is 24.3. The van der Waals surface area contributed by atoms with Gasteiger partial charge in [-0.3, -0.25) is 9.59 Å². The molecule has 3 aliphatic rings. The first-order valence-electron chi connectivity index (χ1n) is 10.9. The number of hydrogen-bond donors (Lipinski definition) is 5. The molecule has 5 rings (SSSR count). The number of nitrogens with one attached hydrogen (secondary N) is 1. The number of carboxylic acid groups (broad SMARTS) is 2. The first-order valence-corrected chi connectivity index (χ1v) is 10.9. The van der Waals surface area contributed by atoms with E-state index in [1.165, 1.54) is 0 Å². The lowest BCUT2D eigenvalue weighted by Gasteiger charge is -2.59. The van der Waals surface area contributed by atoms with E-state index in [2.05, 4.69) is 30.2 Å². The molecular formula is C21H24N8O5. The Morgan fingerprint density at radius 1 is 1.24 bits per heavy atom. The van der Waals surface area contributed by atoms with Crippen molar-refractivity contribution in [2.24, 2.45) is 11.3 Å². The van der Waals surface area contributed by atoms with Crippen molar-refractivity contribution in [1.29, 1.82) is 0 Å². The number of anilines is 2. The van der Waals surface area contributed by atoms with Crippen molar-refractivity contribution in [3.8, 4) is 0 Å². The van der Waals surface area contributed by atoms with E-state index in [0.29, 0.717) is 42.7 Å². The summed E-state index contributed by atoms with van der Waals surface area (Å²) in [4.78, 5) is 54.9. The van der Waals surface area contributed by atoms with E-state index < -0.39 is 22.9 Å². The van der Waals surface area contributed by atoms with Crippen LogP contribution in [0.3, 0.4) is 0 Å². The highest BCUT2D eigenvalue weighted by molar-refractivity contribution is 6.04. The van der Waals surface area contributed by atoms with E-state index in [4.69, 9.17) is 16.6 Å². The second-order valence-electron chi connectivity index (χ2n) is 9.13. The van der Waals surface area contributed by atoms with Gasteiger partial charge in [-0.1, -0.05) is 6.08 Å². The number of fused-ring (bicyclic) bond motifs is 2. The largest absolute Gasteiger partial charge is 0.481 e. The van der Waals surface area contributed by atoms with Crippen molar-refractivity contribution in [3.05, 3.63) is 24.2 Å². The fourth-order valence-corrected chi connectivity index (χ4v) is 5.72. The van der Waals surface area contributed by atoms with E-state index in [9.17, 15) is 19.5 Å². The number of carboxylic acids is 2. The molecule has 2 aromatic rings. The molecule has 0 bridgehead atoms. The Kier molecular flexibility index (Phi) is 4.81. The molecule has 4 unspecified atom stereocenters. The third kappa shape index (κ3) is 3.10. The minimum Gasteiger partial charge on any atom is -0.481 e. The summed E-state index contributed by atoms with van der Waals surface area (Å²) >= 11 is 0. The lowest BCUT2D eigenvalue weighted by atomic mass is 9.51. The zero-order valence-corrected chi connectivity index (χ0v) is 18.1. The molecule has 0 aromatic carbocycles. The smallest absolute Gasteiger partial charge is 0.330 e. The molecule has 2 aliphatic heterocycles. The van der Waals surface area contributed by atoms with Crippen LogP contribution in [0.4, 0.5) is 11.8 Å². The second kappa shape index (κ2) is 7.50. The highest BCUT2D eigenvalue weighted by Crippen LogP contribution is 2.56. The number of amides is 1. The molecule has 1 saturated heterocycles. The zero-order valence-electron chi connectivity index (χ0n) is 18.1. The van der Waals surface area contributed by atoms with E-state index in [1.807, 2.05) is 12.3 Å². The first-order chi connectivity index (χ1) is 16.1. The molecule has 4 heterocycles. The lowest BCUT2D eigenvalue weighted by Crippen LogP contribution is -2.81. The van der Waals surface area contributed by atoms with Gasteiger partial charge in [-0.2, -0.15) is 9.97 Å². The Balaban J connectivity index is 1.35. The minimum absolute atomic E-state index is 0.0225. The summed E-state index contributed by atoms with van der Waals surface area (Å²) in [6, 6.07) is 0.0579. The summed E-state index contributed by atoms with van der Waals surface area (Å²) in [5.41, 5.74) is 10.2. The molecule has 178 valence electrons. The number of aliphatic carboxylic acids is 2. The molecule has 13 nitrogen and oxygen atoms in total. The van der Waals surface area contributed by atoms with Crippen LogP contribution in [-0.4, -0.2) is 64.5 Å². The van der Waals surface area contributed by atoms with Crippen LogP contribution >= 0.6 is 0 Å². The molecule has 2 aromatic heterocycles. The molecular weight excluding hydrogens is 444 g/mol. The Bertz CT molecular complexity index is 1250. The summed E-state index contributed by atoms with van der Waals surface area (Å²) in [6.07, 6.45) is 6.31. The second-order valence-corrected chi connectivity index (χ2v) is 9.13. The van der Waals surface area contributed by atoms with E-state index in [-0.39, 0.29) is 42.5 Å². The molecule has 1 spiro atoms. The first kappa shape index (κ1) is 21.8. The van der Waals surface area contributed by atoms with Crippen LogP contribution in [0.2, 0.25) is 0 Å². The molecule has 1 saturated carbocycles. The number of carbonyl (C=O) groups is 3. The number of carbonyl (C=O) groups excluding carboxylic acids is 1. The highest BCUT2D eigenvalue weighted by Gasteiger charge is 2.71. The Morgan fingerprint density at radius 2 is 2.03 bits per heavy atom. The van der Waals surface area contributed by atoms with Crippen LogP contribution in [0.1, 0.15) is 37.8 Å². The van der Waals surface area contributed by atoms with Gasteiger partial charge in [0.15, 0.2) is 22.5 Å². The predicted octanol–water partition coefficient (Wildman–Crippen LogP) is -0.113. The number of β-lactam (4-membered cyclic amide) rings is 1. The quantitative estimate of drug-likeness (QED) is 0.351. The summed E-state index contributed by atoms with van der Waals surface area (Å²) in [5, 5.41) is 21.6. The molecule has 7 N–H and O–H groups in total. The summed E-state index contributed by atoms with van der Waals surface area (Å²) in [7, 11) is 0. The predicted molar refractivity (Wildman–Crippen MR) is 118 cm³/mol. The third-order valence-corrected chi connectivity index (χ3v) is 7.40. The van der Waals surface area contributed by atoms with Crippen LogP contribution < -0.4 is 16.8 Å². The topological polar surface area (TPSA) is 211 Å². The number of nitrogens with two attached hydrogens (primary N) is 2. The minimum atomic E-state index is -1.56. The van der Waals surface area contributed by atoms with Gasteiger partial charge in [0, 0.05) is 12.5 Å². The number of aromatic nitrogens is 4. The maximum absolute atomic E-state index is 12.7. The summed E-state index contributed by atoms with van der Waals surface area (Å²) in [6.45, 7) is 0.437. The molecule has 1 amide bonds. The molecule has 2 fully saturated rings. The average Bonchev–Trinajstić information content (AvgIpc) is 3.18. The molecule has 1 aliphatic carbocycles. The Morgan fingerprint density at radius 3 is 2.74 bits per heavy atom. The van der Waals surface area contributed by atoms with Crippen LogP contribution in [0.25, 0.3) is 11.2 Å². The van der Waals surface area contributed by atoms with Gasteiger partial charge >= 0.3 is 11.9 Å². The van der Waals surface area contributed by atoms with Gasteiger partial charge in [0.1, 0.15) is 0 Å². The normalized spacial score (nSPS) is 29.6. The van der Waals surface area contributed by atoms with Crippen LogP contribution in [-0.2, 0) is 20.9 Å². The molecule has 34 heavy (non-hydrogen) atoms.